The molecule has 1 amide bonds. The van der Waals surface area contributed by atoms with Crippen molar-refractivity contribution >= 4 is 21.8 Å². The molecule has 0 bridgehead atoms. The number of carbonyl (C=O) groups is 1. The van der Waals surface area contributed by atoms with E-state index in [4.69, 9.17) is 0 Å². The maximum absolute atomic E-state index is 12.2. The maximum Gasteiger partial charge on any atom is 0.272 e. The van der Waals surface area contributed by atoms with Crippen molar-refractivity contribution in [3.05, 3.63) is 17.5 Å². The Morgan fingerprint density at radius 1 is 1.62 bits per heavy atom. The van der Waals surface area contributed by atoms with Gasteiger partial charge in [0.15, 0.2) is 0 Å². The Hall–Kier alpha value is -0.840. The number of aromatic nitrogens is 2. The highest BCUT2D eigenvalue weighted by Crippen LogP contribution is 2.18. The zero-order chi connectivity index (χ0) is 11.7. The van der Waals surface area contributed by atoms with Crippen LogP contribution in [0.3, 0.4) is 0 Å². The quantitative estimate of drug-likeness (QED) is 0.737. The molecule has 5 heteroatoms. The number of likely N-dealkylation sites (tertiary alicyclic amines) is 1. The van der Waals surface area contributed by atoms with E-state index in [9.17, 15) is 4.79 Å². The van der Waals surface area contributed by atoms with Crippen molar-refractivity contribution in [2.75, 3.05) is 13.1 Å². The summed E-state index contributed by atoms with van der Waals surface area (Å²) in [5.41, 5.74) is 1.57. The SMILES string of the molecule is Cc1cc(C(=O)N2CCCC(Br)C2)n(C)n1. The molecule has 1 fully saturated rings. The molecule has 1 aromatic heterocycles. The molecule has 2 heterocycles. The average Bonchev–Trinajstić information content (AvgIpc) is 2.57. The second kappa shape index (κ2) is 4.57. The van der Waals surface area contributed by atoms with Crippen molar-refractivity contribution in [1.29, 1.82) is 0 Å². The second-order valence-electron chi connectivity index (χ2n) is 4.29. The van der Waals surface area contributed by atoms with Gasteiger partial charge in [-0.3, -0.25) is 9.48 Å². The van der Waals surface area contributed by atoms with Gasteiger partial charge >= 0.3 is 0 Å². The van der Waals surface area contributed by atoms with Crippen LogP contribution in [0.15, 0.2) is 6.07 Å². The molecule has 1 unspecified atom stereocenters. The summed E-state index contributed by atoms with van der Waals surface area (Å²) in [4.78, 5) is 14.6. The first-order valence-corrected chi connectivity index (χ1v) is 6.43. The third kappa shape index (κ3) is 2.29. The van der Waals surface area contributed by atoms with Gasteiger partial charge in [-0.1, -0.05) is 15.9 Å². The third-order valence-electron chi connectivity index (χ3n) is 2.87. The molecule has 0 spiro atoms. The number of aryl methyl sites for hydroxylation is 2. The molecule has 0 aliphatic carbocycles. The molecular formula is C11H16BrN3O. The van der Waals surface area contributed by atoms with E-state index in [-0.39, 0.29) is 5.91 Å². The van der Waals surface area contributed by atoms with Gasteiger partial charge in [0.2, 0.25) is 0 Å². The minimum atomic E-state index is 0.0900. The normalized spacial score (nSPS) is 21.2. The van der Waals surface area contributed by atoms with Gasteiger partial charge in [0.05, 0.1) is 5.69 Å². The van der Waals surface area contributed by atoms with Crippen LogP contribution < -0.4 is 0 Å². The van der Waals surface area contributed by atoms with Crippen LogP contribution in [-0.4, -0.2) is 38.5 Å². The van der Waals surface area contributed by atoms with E-state index in [1.807, 2.05) is 24.9 Å². The van der Waals surface area contributed by atoms with Crippen LogP contribution in [0, 0.1) is 6.92 Å². The summed E-state index contributed by atoms with van der Waals surface area (Å²) in [6.07, 6.45) is 2.21. The van der Waals surface area contributed by atoms with Crippen molar-refractivity contribution in [2.24, 2.45) is 7.05 Å². The Labute approximate surface area is 104 Å². The molecule has 1 saturated heterocycles. The van der Waals surface area contributed by atoms with E-state index in [2.05, 4.69) is 21.0 Å². The van der Waals surface area contributed by atoms with Crippen molar-refractivity contribution < 1.29 is 4.79 Å². The van der Waals surface area contributed by atoms with E-state index in [1.54, 1.807) is 4.68 Å². The number of piperidine rings is 1. The minimum absolute atomic E-state index is 0.0900. The number of alkyl halides is 1. The molecule has 0 saturated carbocycles. The molecule has 0 radical (unpaired) electrons. The number of carbonyl (C=O) groups excluding carboxylic acids is 1. The molecule has 1 aliphatic heterocycles. The number of rotatable bonds is 1. The fourth-order valence-electron chi connectivity index (χ4n) is 2.08. The molecular weight excluding hydrogens is 270 g/mol. The highest BCUT2D eigenvalue weighted by Gasteiger charge is 2.24. The Morgan fingerprint density at radius 2 is 2.38 bits per heavy atom. The zero-order valence-electron chi connectivity index (χ0n) is 9.61. The van der Waals surface area contributed by atoms with E-state index < -0.39 is 0 Å². The van der Waals surface area contributed by atoms with Crippen LogP contribution in [0.25, 0.3) is 0 Å². The summed E-state index contributed by atoms with van der Waals surface area (Å²) >= 11 is 3.58. The van der Waals surface area contributed by atoms with Gasteiger partial charge in [-0.2, -0.15) is 5.10 Å². The van der Waals surface area contributed by atoms with Crippen LogP contribution in [0.4, 0.5) is 0 Å². The Morgan fingerprint density at radius 3 is 2.94 bits per heavy atom. The van der Waals surface area contributed by atoms with Gasteiger partial charge in [0.25, 0.3) is 5.91 Å². The molecule has 1 aliphatic rings. The summed E-state index contributed by atoms with van der Waals surface area (Å²) in [5.74, 6) is 0.0900. The van der Waals surface area contributed by atoms with Crippen LogP contribution >= 0.6 is 15.9 Å². The molecule has 88 valence electrons. The summed E-state index contributed by atoms with van der Waals surface area (Å²) in [6, 6.07) is 1.85. The summed E-state index contributed by atoms with van der Waals surface area (Å²) in [7, 11) is 1.82. The monoisotopic (exact) mass is 285 g/mol. The standard InChI is InChI=1S/C11H16BrN3O/c1-8-6-10(14(2)13-8)11(16)15-5-3-4-9(12)7-15/h6,9H,3-5,7H2,1-2H3. The number of nitrogens with zero attached hydrogens (tertiary/aromatic N) is 3. The van der Waals surface area contributed by atoms with Crippen molar-refractivity contribution in [3.63, 3.8) is 0 Å². The third-order valence-corrected chi connectivity index (χ3v) is 3.62. The molecule has 0 N–H and O–H groups in total. The zero-order valence-corrected chi connectivity index (χ0v) is 11.2. The second-order valence-corrected chi connectivity index (χ2v) is 5.58. The van der Waals surface area contributed by atoms with Crippen LogP contribution in [0.2, 0.25) is 0 Å². The fourth-order valence-corrected chi connectivity index (χ4v) is 2.76. The lowest BCUT2D eigenvalue weighted by Crippen LogP contribution is -2.40. The summed E-state index contributed by atoms with van der Waals surface area (Å²) < 4.78 is 1.66. The highest BCUT2D eigenvalue weighted by molar-refractivity contribution is 9.09. The van der Waals surface area contributed by atoms with E-state index in [1.165, 1.54) is 0 Å². The van der Waals surface area contributed by atoms with E-state index in [0.717, 1.165) is 31.6 Å². The largest absolute Gasteiger partial charge is 0.336 e. The molecule has 0 aromatic carbocycles. The first kappa shape index (κ1) is 11.6. The van der Waals surface area contributed by atoms with Gasteiger partial charge in [0.1, 0.15) is 5.69 Å². The lowest BCUT2D eigenvalue weighted by Gasteiger charge is -2.29. The average molecular weight is 286 g/mol. The number of hydrogen-bond acceptors (Lipinski definition) is 2. The Bertz CT molecular complexity index is 402. The molecule has 1 aromatic rings. The summed E-state index contributed by atoms with van der Waals surface area (Å²) in [6.45, 7) is 3.55. The predicted octanol–water partition coefficient (Wildman–Crippen LogP) is 1.73. The van der Waals surface area contributed by atoms with Gasteiger partial charge < -0.3 is 4.90 Å². The fraction of sp³-hybridized carbons (Fsp3) is 0.636. The van der Waals surface area contributed by atoms with Crippen LogP contribution in [0.1, 0.15) is 29.0 Å². The van der Waals surface area contributed by atoms with E-state index >= 15 is 0 Å². The molecule has 16 heavy (non-hydrogen) atoms. The highest BCUT2D eigenvalue weighted by atomic mass is 79.9. The first-order chi connectivity index (χ1) is 7.58. The lowest BCUT2D eigenvalue weighted by atomic mass is 10.1. The molecule has 1 atom stereocenters. The van der Waals surface area contributed by atoms with Crippen molar-refractivity contribution in [2.45, 2.75) is 24.6 Å². The first-order valence-electron chi connectivity index (χ1n) is 5.52. The van der Waals surface area contributed by atoms with Crippen LogP contribution in [-0.2, 0) is 7.05 Å². The van der Waals surface area contributed by atoms with Crippen molar-refractivity contribution in [3.8, 4) is 0 Å². The van der Waals surface area contributed by atoms with Gasteiger partial charge in [-0.15, -0.1) is 0 Å². The number of hydrogen-bond donors (Lipinski definition) is 0. The number of amides is 1. The topological polar surface area (TPSA) is 38.1 Å². The van der Waals surface area contributed by atoms with Gasteiger partial charge in [0, 0.05) is 25.0 Å². The number of halogens is 1. The smallest absolute Gasteiger partial charge is 0.272 e. The van der Waals surface area contributed by atoms with Gasteiger partial charge in [-0.25, -0.2) is 0 Å². The minimum Gasteiger partial charge on any atom is -0.336 e. The lowest BCUT2D eigenvalue weighted by molar-refractivity contribution is 0.0719. The summed E-state index contributed by atoms with van der Waals surface area (Å²) in [5, 5.41) is 4.20. The van der Waals surface area contributed by atoms with E-state index in [0.29, 0.717) is 10.5 Å². The predicted molar refractivity (Wildman–Crippen MR) is 65.8 cm³/mol. The van der Waals surface area contributed by atoms with Crippen LogP contribution in [0.5, 0.6) is 0 Å². The Balaban J connectivity index is 2.15. The Kier molecular flexibility index (Phi) is 3.33. The molecule has 2 rings (SSSR count). The van der Waals surface area contributed by atoms with Gasteiger partial charge in [-0.05, 0) is 25.8 Å². The van der Waals surface area contributed by atoms with Crippen molar-refractivity contribution in [1.82, 2.24) is 14.7 Å². The molecule has 4 nitrogen and oxygen atoms in total. The maximum atomic E-state index is 12.2.